The topological polar surface area (TPSA) is 41.0 Å². The van der Waals surface area contributed by atoms with E-state index in [0.29, 0.717) is 17.4 Å². The van der Waals surface area contributed by atoms with E-state index in [9.17, 15) is 0 Å². The highest BCUT2D eigenvalue weighted by molar-refractivity contribution is 7.18. The fourth-order valence-corrected chi connectivity index (χ4v) is 3.96. The lowest BCUT2D eigenvalue weighted by atomic mass is 10.00. The SMILES string of the molecule is Cc1cc2c(NN3C(C)CCCC3C)nc(Cl)nc2s1. The molecule has 108 valence electrons. The minimum Gasteiger partial charge on any atom is -0.302 e. The Morgan fingerprint density at radius 3 is 2.70 bits per heavy atom. The zero-order chi connectivity index (χ0) is 14.3. The highest BCUT2D eigenvalue weighted by Crippen LogP contribution is 2.31. The number of halogens is 1. The maximum absolute atomic E-state index is 6.05. The van der Waals surface area contributed by atoms with E-state index in [-0.39, 0.29) is 0 Å². The van der Waals surface area contributed by atoms with Gasteiger partial charge in [-0.05, 0) is 51.3 Å². The molecule has 2 aromatic heterocycles. The Labute approximate surface area is 128 Å². The molecule has 0 spiro atoms. The van der Waals surface area contributed by atoms with Crippen LogP contribution < -0.4 is 5.43 Å². The summed E-state index contributed by atoms with van der Waals surface area (Å²) in [5, 5.41) is 3.66. The van der Waals surface area contributed by atoms with E-state index < -0.39 is 0 Å². The largest absolute Gasteiger partial charge is 0.302 e. The van der Waals surface area contributed by atoms with E-state index in [0.717, 1.165) is 16.0 Å². The molecule has 3 rings (SSSR count). The lowest BCUT2D eigenvalue weighted by Gasteiger charge is -2.39. The molecular formula is C14H19ClN4S. The Bertz CT molecular complexity index is 617. The molecule has 2 unspecified atom stereocenters. The van der Waals surface area contributed by atoms with Crippen LogP contribution in [0.5, 0.6) is 0 Å². The van der Waals surface area contributed by atoms with Crippen LogP contribution in [0.4, 0.5) is 5.82 Å². The van der Waals surface area contributed by atoms with Gasteiger partial charge in [-0.3, -0.25) is 0 Å². The normalized spacial score (nSPS) is 24.2. The molecule has 2 atom stereocenters. The van der Waals surface area contributed by atoms with Gasteiger partial charge in [0.1, 0.15) is 4.83 Å². The van der Waals surface area contributed by atoms with E-state index >= 15 is 0 Å². The fourth-order valence-electron chi connectivity index (χ4n) is 2.87. The number of aromatic nitrogens is 2. The summed E-state index contributed by atoms with van der Waals surface area (Å²) in [4.78, 5) is 10.9. The first-order valence-electron chi connectivity index (χ1n) is 7.03. The van der Waals surface area contributed by atoms with Gasteiger partial charge in [0.2, 0.25) is 5.28 Å². The average molecular weight is 311 g/mol. The van der Waals surface area contributed by atoms with Crippen molar-refractivity contribution in [1.82, 2.24) is 15.0 Å². The van der Waals surface area contributed by atoms with Gasteiger partial charge in [0, 0.05) is 17.0 Å². The molecule has 3 heterocycles. The number of anilines is 1. The van der Waals surface area contributed by atoms with Gasteiger partial charge in [0.15, 0.2) is 5.82 Å². The van der Waals surface area contributed by atoms with Crippen molar-refractivity contribution in [3.8, 4) is 0 Å². The molecule has 0 amide bonds. The molecular weight excluding hydrogens is 292 g/mol. The van der Waals surface area contributed by atoms with Crippen LogP contribution in [0.2, 0.25) is 5.28 Å². The van der Waals surface area contributed by atoms with Crippen LogP contribution in [0.15, 0.2) is 6.07 Å². The van der Waals surface area contributed by atoms with Gasteiger partial charge in [-0.1, -0.05) is 6.42 Å². The number of hydrazine groups is 1. The first-order chi connectivity index (χ1) is 9.54. The van der Waals surface area contributed by atoms with Crippen molar-refractivity contribution < 1.29 is 0 Å². The zero-order valence-corrected chi connectivity index (χ0v) is 13.6. The van der Waals surface area contributed by atoms with Crippen LogP contribution in [0, 0.1) is 6.92 Å². The number of fused-ring (bicyclic) bond motifs is 1. The first kappa shape index (κ1) is 14.0. The quantitative estimate of drug-likeness (QED) is 0.842. The third-order valence-corrected chi connectivity index (χ3v) is 5.03. The Kier molecular flexibility index (Phi) is 3.84. The van der Waals surface area contributed by atoms with Gasteiger partial charge in [-0.25, -0.2) is 9.99 Å². The van der Waals surface area contributed by atoms with Crippen LogP contribution in [-0.4, -0.2) is 27.1 Å². The predicted molar refractivity (Wildman–Crippen MR) is 85.4 cm³/mol. The molecule has 20 heavy (non-hydrogen) atoms. The monoisotopic (exact) mass is 310 g/mol. The number of hydrogen-bond donors (Lipinski definition) is 1. The fraction of sp³-hybridized carbons (Fsp3) is 0.571. The van der Waals surface area contributed by atoms with Crippen LogP contribution in [-0.2, 0) is 0 Å². The number of thiophene rings is 1. The van der Waals surface area contributed by atoms with Gasteiger partial charge in [-0.2, -0.15) is 4.98 Å². The highest BCUT2D eigenvalue weighted by Gasteiger charge is 2.25. The number of rotatable bonds is 2. The van der Waals surface area contributed by atoms with Crippen molar-refractivity contribution in [3.63, 3.8) is 0 Å². The van der Waals surface area contributed by atoms with Crippen LogP contribution in [0.25, 0.3) is 10.2 Å². The third kappa shape index (κ3) is 2.62. The Morgan fingerprint density at radius 1 is 1.30 bits per heavy atom. The van der Waals surface area contributed by atoms with Crippen molar-refractivity contribution in [2.75, 3.05) is 5.43 Å². The number of aryl methyl sites for hydroxylation is 1. The van der Waals surface area contributed by atoms with Gasteiger partial charge < -0.3 is 5.43 Å². The highest BCUT2D eigenvalue weighted by atomic mass is 35.5. The summed E-state index contributed by atoms with van der Waals surface area (Å²) in [5.74, 6) is 0.824. The van der Waals surface area contributed by atoms with E-state index in [2.05, 4.69) is 47.2 Å². The summed E-state index contributed by atoms with van der Waals surface area (Å²) < 4.78 is 0. The average Bonchev–Trinajstić information content (AvgIpc) is 2.74. The molecule has 6 heteroatoms. The van der Waals surface area contributed by atoms with Crippen molar-refractivity contribution in [2.45, 2.75) is 52.1 Å². The molecule has 0 bridgehead atoms. The molecule has 1 aliphatic rings. The minimum absolute atomic E-state index is 0.305. The van der Waals surface area contributed by atoms with E-state index in [4.69, 9.17) is 11.6 Å². The molecule has 4 nitrogen and oxygen atoms in total. The minimum atomic E-state index is 0.305. The summed E-state index contributed by atoms with van der Waals surface area (Å²) >= 11 is 7.70. The van der Waals surface area contributed by atoms with Gasteiger partial charge in [0.05, 0.1) is 5.39 Å². The second-order valence-electron chi connectivity index (χ2n) is 5.57. The third-order valence-electron chi connectivity index (χ3n) is 3.92. The number of nitrogens with one attached hydrogen (secondary N) is 1. The molecule has 0 aromatic carbocycles. The second-order valence-corrected chi connectivity index (χ2v) is 7.14. The number of piperidine rings is 1. The van der Waals surface area contributed by atoms with Crippen molar-refractivity contribution in [1.29, 1.82) is 0 Å². The molecule has 1 N–H and O–H groups in total. The van der Waals surface area contributed by atoms with Gasteiger partial charge in [-0.15, -0.1) is 11.3 Å². The number of hydrogen-bond acceptors (Lipinski definition) is 5. The molecule has 0 radical (unpaired) electrons. The lowest BCUT2D eigenvalue weighted by molar-refractivity contribution is 0.135. The van der Waals surface area contributed by atoms with E-state index in [1.54, 1.807) is 11.3 Å². The summed E-state index contributed by atoms with van der Waals surface area (Å²) in [7, 11) is 0. The standard InChI is InChI=1S/C14H19ClN4S/c1-8-5-4-6-9(2)19(8)18-12-11-7-10(3)20-13(11)17-14(15)16-12/h7-9H,4-6H2,1-3H3,(H,16,17,18). The molecule has 2 aromatic rings. The summed E-state index contributed by atoms with van der Waals surface area (Å²) in [6, 6.07) is 3.13. The summed E-state index contributed by atoms with van der Waals surface area (Å²) in [5.41, 5.74) is 3.48. The molecule has 1 saturated heterocycles. The van der Waals surface area contributed by atoms with E-state index in [1.165, 1.54) is 24.1 Å². The zero-order valence-electron chi connectivity index (χ0n) is 12.0. The maximum atomic E-state index is 6.05. The predicted octanol–water partition coefficient (Wildman–Crippen LogP) is 4.24. The van der Waals surface area contributed by atoms with Crippen LogP contribution in [0.3, 0.4) is 0 Å². The van der Waals surface area contributed by atoms with Crippen molar-refractivity contribution in [3.05, 3.63) is 16.2 Å². The van der Waals surface area contributed by atoms with Gasteiger partial charge >= 0.3 is 0 Å². The Morgan fingerprint density at radius 2 is 2.00 bits per heavy atom. The van der Waals surface area contributed by atoms with Crippen molar-refractivity contribution in [2.24, 2.45) is 0 Å². The lowest BCUT2D eigenvalue weighted by Crippen LogP contribution is -2.47. The molecule has 0 aliphatic carbocycles. The van der Waals surface area contributed by atoms with E-state index in [1.807, 2.05) is 0 Å². The second kappa shape index (κ2) is 5.47. The molecule has 1 fully saturated rings. The smallest absolute Gasteiger partial charge is 0.225 e. The molecule has 1 aliphatic heterocycles. The van der Waals surface area contributed by atoms with Crippen LogP contribution in [0.1, 0.15) is 38.0 Å². The summed E-state index contributed by atoms with van der Waals surface area (Å²) in [6.07, 6.45) is 3.71. The maximum Gasteiger partial charge on any atom is 0.225 e. The number of nitrogens with zero attached hydrogens (tertiary/aromatic N) is 3. The Balaban J connectivity index is 1.97. The van der Waals surface area contributed by atoms with Gasteiger partial charge in [0.25, 0.3) is 0 Å². The van der Waals surface area contributed by atoms with Crippen molar-refractivity contribution >= 4 is 39.0 Å². The molecule has 0 saturated carbocycles. The first-order valence-corrected chi connectivity index (χ1v) is 8.22. The summed E-state index contributed by atoms with van der Waals surface area (Å²) in [6.45, 7) is 6.58. The Hall–Kier alpha value is -0.910. The van der Waals surface area contributed by atoms with Crippen LogP contribution >= 0.6 is 22.9 Å².